The number of Topliss-reactive ketones (excluding diaryl/α,β-unsaturated/α-hetero) is 2. The Bertz CT molecular complexity index is 504. The Morgan fingerprint density at radius 2 is 2.00 bits per heavy atom. The quantitative estimate of drug-likeness (QED) is 0.445. The largest absolute Gasteiger partial charge is 0.497 e. The summed E-state index contributed by atoms with van der Waals surface area (Å²) in [5, 5.41) is 0. The molecular weight excluding hydrogens is 242 g/mol. The molecule has 0 spiro atoms. The van der Waals surface area contributed by atoms with Crippen LogP contribution >= 0.6 is 0 Å². The highest BCUT2D eigenvalue weighted by Gasteiger charge is 2.15. The number of carbonyl (C=O) groups is 2. The number of rotatable bonds is 6. The Kier molecular flexibility index (Phi) is 5.30. The molecule has 0 saturated heterocycles. The van der Waals surface area contributed by atoms with Crippen LogP contribution < -0.4 is 4.74 Å². The van der Waals surface area contributed by atoms with Gasteiger partial charge < -0.3 is 9.64 Å². The number of nitrogens with zero attached hydrogens (tertiary/aromatic N) is 1. The van der Waals surface area contributed by atoms with E-state index in [1.165, 1.54) is 6.92 Å². The van der Waals surface area contributed by atoms with Crippen molar-refractivity contribution in [3.8, 4) is 5.75 Å². The van der Waals surface area contributed by atoms with Gasteiger partial charge in [-0.1, -0.05) is 12.1 Å². The van der Waals surface area contributed by atoms with Gasteiger partial charge >= 0.3 is 0 Å². The van der Waals surface area contributed by atoms with E-state index in [1.807, 2.05) is 18.2 Å². The molecule has 0 atom stereocenters. The van der Waals surface area contributed by atoms with Gasteiger partial charge in [-0.2, -0.15) is 0 Å². The molecule has 0 heterocycles. The Labute approximate surface area is 113 Å². The Morgan fingerprint density at radius 1 is 1.32 bits per heavy atom. The van der Waals surface area contributed by atoms with Crippen LogP contribution in [0.1, 0.15) is 12.5 Å². The predicted molar refractivity (Wildman–Crippen MR) is 74.2 cm³/mol. The molecule has 1 rings (SSSR count). The van der Waals surface area contributed by atoms with Crippen molar-refractivity contribution < 1.29 is 14.3 Å². The number of ketones is 2. The molecule has 0 aromatic heterocycles. The van der Waals surface area contributed by atoms with Crippen LogP contribution in [-0.2, 0) is 16.0 Å². The third-order valence-corrected chi connectivity index (χ3v) is 2.57. The van der Waals surface area contributed by atoms with Crippen LogP contribution in [0.3, 0.4) is 0 Å². The summed E-state index contributed by atoms with van der Waals surface area (Å²) in [7, 11) is 5.14. The van der Waals surface area contributed by atoms with E-state index in [2.05, 4.69) is 0 Å². The Balaban J connectivity index is 2.90. The second-order valence-corrected chi connectivity index (χ2v) is 4.51. The fourth-order valence-electron chi connectivity index (χ4n) is 1.68. The van der Waals surface area contributed by atoms with Crippen molar-refractivity contribution in [2.75, 3.05) is 21.2 Å². The molecule has 0 N–H and O–H groups in total. The molecule has 0 fully saturated rings. The van der Waals surface area contributed by atoms with Gasteiger partial charge in [-0.05, 0) is 24.6 Å². The second kappa shape index (κ2) is 6.73. The summed E-state index contributed by atoms with van der Waals surface area (Å²) in [5.41, 5.74) is 1.04. The van der Waals surface area contributed by atoms with Crippen LogP contribution in [0.2, 0.25) is 0 Å². The monoisotopic (exact) mass is 261 g/mol. The number of hydrogen-bond acceptors (Lipinski definition) is 4. The number of hydrogen-bond donors (Lipinski definition) is 0. The van der Waals surface area contributed by atoms with E-state index in [4.69, 9.17) is 4.74 Å². The first-order valence-corrected chi connectivity index (χ1v) is 5.99. The lowest BCUT2D eigenvalue weighted by Gasteiger charge is -2.09. The molecule has 1 aromatic rings. The van der Waals surface area contributed by atoms with Gasteiger partial charge in [-0.25, -0.2) is 0 Å². The van der Waals surface area contributed by atoms with E-state index < -0.39 is 0 Å². The molecule has 0 aliphatic carbocycles. The average molecular weight is 261 g/mol. The van der Waals surface area contributed by atoms with Gasteiger partial charge in [0.1, 0.15) is 5.75 Å². The van der Waals surface area contributed by atoms with Gasteiger partial charge in [-0.15, -0.1) is 0 Å². The minimum Gasteiger partial charge on any atom is -0.497 e. The van der Waals surface area contributed by atoms with Crippen molar-refractivity contribution in [3.63, 3.8) is 0 Å². The molecule has 1 aromatic carbocycles. The summed E-state index contributed by atoms with van der Waals surface area (Å²) < 4.78 is 5.11. The zero-order valence-electron chi connectivity index (χ0n) is 11.8. The highest BCUT2D eigenvalue weighted by molar-refractivity contribution is 6.19. The van der Waals surface area contributed by atoms with Gasteiger partial charge in [0.2, 0.25) is 0 Å². The highest BCUT2D eigenvalue weighted by atomic mass is 16.5. The number of ether oxygens (including phenoxy) is 1. The predicted octanol–water partition coefficient (Wildman–Crippen LogP) is 1.84. The summed E-state index contributed by atoms with van der Waals surface area (Å²) in [6, 6.07) is 7.28. The summed E-state index contributed by atoms with van der Waals surface area (Å²) in [4.78, 5) is 25.3. The molecule has 4 nitrogen and oxygen atoms in total. The molecule has 0 bridgehead atoms. The van der Waals surface area contributed by atoms with Gasteiger partial charge in [0, 0.05) is 26.7 Å². The molecule has 4 heteroatoms. The summed E-state index contributed by atoms with van der Waals surface area (Å²) >= 11 is 0. The molecule has 0 unspecified atom stereocenters. The maximum atomic E-state index is 12.1. The van der Waals surface area contributed by atoms with Crippen molar-refractivity contribution in [1.29, 1.82) is 0 Å². The van der Waals surface area contributed by atoms with Crippen LogP contribution in [0.15, 0.2) is 36.0 Å². The van der Waals surface area contributed by atoms with Crippen molar-refractivity contribution in [2.45, 2.75) is 13.3 Å². The van der Waals surface area contributed by atoms with Crippen LogP contribution in [0.5, 0.6) is 5.75 Å². The van der Waals surface area contributed by atoms with Gasteiger partial charge in [0.15, 0.2) is 11.6 Å². The SMILES string of the molecule is COc1cccc(CC(=O)/C(=C/N(C)C)C(C)=O)c1. The smallest absolute Gasteiger partial charge is 0.172 e. The Hall–Kier alpha value is -2.10. The van der Waals surface area contributed by atoms with Crippen molar-refractivity contribution >= 4 is 11.6 Å². The van der Waals surface area contributed by atoms with Gasteiger partial charge in [0.25, 0.3) is 0 Å². The van der Waals surface area contributed by atoms with Crippen LogP contribution in [0, 0.1) is 0 Å². The fraction of sp³-hybridized carbons (Fsp3) is 0.333. The standard InChI is InChI=1S/C15H19NO3/c1-11(17)14(10-16(2)3)15(18)9-12-6-5-7-13(8-12)19-4/h5-8,10H,9H2,1-4H3/b14-10+. The lowest BCUT2D eigenvalue weighted by atomic mass is 10.0. The van der Waals surface area contributed by atoms with Crippen molar-refractivity contribution in [1.82, 2.24) is 4.90 Å². The third-order valence-electron chi connectivity index (χ3n) is 2.57. The van der Waals surface area contributed by atoms with E-state index in [0.717, 1.165) is 5.56 Å². The number of carbonyl (C=O) groups excluding carboxylic acids is 2. The van der Waals surface area contributed by atoms with Crippen LogP contribution in [-0.4, -0.2) is 37.7 Å². The Morgan fingerprint density at radius 3 is 2.53 bits per heavy atom. The third kappa shape index (κ3) is 4.58. The van der Waals surface area contributed by atoms with Crippen LogP contribution in [0.25, 0.3) is 0 Å². The number of allylic oxidation sites excluding steroid dienone is 1. The molecule has 0 aliphatic rings. The zero-order chi connectivity index (χ0) is 14.4. The summed E-state index contributed by atoms with van der Waals surface area (Å²) in [6.07, 6.45) is 1.75. The summed E-state index contributed by atoms with van der Waals surface area (Å²) in [6.45, 7) is 1.40. The maximum absolute atomic E-state index is 12.1. The van der Waals surface area contributed by atoms with E-state index in [1.54, 1.807) is 38.4 Å². The lowest BCUT2D eigenvalue weighted by Crippen LogP contribution is -2.16. The van der Waals surface area contributed by atoms with Crippen molar-refractivity contribution in [3.05, 3.63) is 41.6 Å². The number of benzene rings is 1. The minimum absolute atomic E-state index is 0.186. The van der Waals surface area contributed by atoms with Crippen LogP contribution in [0.4, 0.5) is 0 Å². The van der Waals surface area contributed by atoms with Gasteiger partial charge in [0.05, 0.1) is 12.7 Å². The second-order valence-electron chi connectivity index (χ2n) is 4.51. The highest BCUT2D eigenvalue weighted by Crippen LogP contribution is 2.14. The fourth-order valence-corrected chi connectivity index (χ4v) is 1.68. The molecular formula is C15H19NO3. The molecule has 0 aliphatic heterocycles. The average Bonchev–Trinajstić information content (AvgIpc) is 2.35. The molecule has 0 amide bonds. The molecule has 102 valence electrons. The molecule has 19 heavy (non-hydrogen) atoms. The first kappa shape index (κ1) is 15.0. The summed E-state index contributed by atoms with van der Waals surface area (Å²) in [5.74, 6) is 0.294. The van der Waals surface area contributed by atoms with E-state index in [-0.39, 0.29) is 23.6 Å². The molecule has 0 radical (unpaired) electrons. The first-order chi connectivity index (χ1) is 8.93. The van der Waals surface area contributed by atoms with E-state index >= 15 is 0 Å². The normalized spacial score (nSPS) is 11.1. The minimum atomic E-state index is -0.221. The lowest BCUT2D eigenvalue weighted by molar-refractivity contribution is -0.120. The molecule has 0 saturated carbocycles. The van der Waals surface area contributed by atoms with Crippen molar-refractivity contribution in [2.24, 2.45) is 0 Å². The van der Waals surface area contributed by atoms with E-state index in [9.17, 15) is 9.59 Å². The first-order valence-electron chi connectivity index (χ1n) is 5.99. The maximum Gasteiger partial charge on any atom is 0.172 e. The number of methoxy groups -OCH3 is 1. The van der Waals surface area contributed by atoms with Gasteiger partial charge in [-0.3, -0.25) is 9.59 Å². The zero-order valence-corrected chi connectivity index (χ0v) is 11.8. The topological polar surface area (TPSA) is 46.6 Å². The van der Waals surface area contributed by atoms with E-state index in [0.29, 0.717) is 5.75 Å².